The average molecular weight is 364 g/mol. The van der Waals surface area contributed by atoms with Crippen molar-refractivity contribution >= 4 is 27.7 Å². The van der Waals surface area contributed by atoms with E-state index >= 15 is 0 Å². The molecule has 116 valence electrons. The molecule has 2 rings (SSSR count). The molecule has 0 heterocycles. The molecule has 0 spiro atoms. The zero-order chi connectivity index (χ0) is 16.1. The highest BCUT2D eigenvalue weighted by Gasteiger charge is 2.09. The van der Waals surface area contributed by atoms with Crippen molar-refractivity contribution in [3.63, 3.8) is 0 Å². The highest BCUT2D eigenvalue weighted by atomic mass is 79.9. The number of amides is 1. The van der Waals surface area contributed by atoms with Gasteiger partial charge in [-0.25, -0.2) is 4.79 Å². The summed E-state index contributed by atoms with van der Waals surface area (Å²) >= 11 is 3.43. The molecule has 2 aromatic rings. The fraction of sp³-hybridized carbons (Fsp3) is 0.235. The van der Waals surface area contributed by atoms with Crippen LogP contribution in [0.5, 0.6) is 5.75 Å². The summed E-state index contributed by atoms with van der Waals surface area (Å²) in [5.41, 5.74) is 3.80. The van der Waals surface area contributed by atoms with E-state index < -0.39 is 6.09 Å². The van der Waals surface area contributed by atoms with E-state index in [1.165, 1.54) is 12.7 Å². The van der Waals surface area contributed by atoms with Crippen molar-refractivity contribution in [3.8, 4) is 5.75 Å². The maximum Gasteiger partial charge on any atom is 0.411 e. The lowest BCUT2D eigenvalue weighted by molar-refractivity contribution is 0.187. The van der Waals surface area contributed by atoms with Crippen molar-refractivity contribution in [2.75, 3.05) is 12.4 Å². The summed E-state index contributed by atoms with van der Waals surface area (Å²) in [6.45, 7) is 4.41. The number of ether oxygens (including phenoxy) is 2. The van der Waals surface area contributed by atoms with Gasteiger partial charge in [0, 0.05) is 10.0 Å². The standard InChI is InChI=1S/C17H18BrNO3/c1-11-4-7-16(12(2)8-11)22-10-13-9-14(18)5-6-15(13)19-17(20)21-3/h4-9H,10H2,1-3H3,(H,19,20). The van der Waals surface area contributed by atoms with Gasteiger partial charge in [-0.05, 0) is 43.7 Å². The zero-order valence-electron chi connectivity index (χ0n) is 12.8. The molecule has 5 heteroatoms. The number of hydrogen-bond acceptors (Lipinski definition) is 3. The Hall–Kier alpha value is -2.01. The molecule has 0 atom stereocenters. The van der Waals surface area contributed by atoms with Crippen LogP contribution in [0.3, 0.4) is 0 Å². The van der Waals surface area contributed by atoms with E-state index in [1.807, 2.05) is 44.2 Å². The molecule has 0 saturated heterocycles. The SMILES string of the molecule is COC(=O)Nc1ccc(Br)cc1COc1ccc(C)cc1C. The second-order valence-electron chi connectivity index (χ2n) is 4.98. The number of benzene rings is 2. The Morgan fingerprint density at radius 2 is 1.95 bits per heavy atom. The summed E-state index contributed by atoms with van der Waals surface area (Å²) in [6, 6.07) is 11.6. The fourth-order valence-corrected chi connectivity index (χ4v) is 2.49. The van der Waals surface area contributed by atoms with E-state index in [2.05, 4.69) is 32.0 Å². The molecule has 0 aliphatic rings. The molecular formula is C17H18BrNO3. The van der Waals surface area contributed by atoms with Gasteiger partial charge in [0.2, 0.25) is 0 Å². The van der Waals surface area contributed by atoms with Gasteiger partial charge >= 0.3 is 6.09 Å². The van der Waals surface area contributed by atoms with Crippen molar-refractivity contribution in [1.82, 2.24) is 0 Å². The lowest BCUT2D eigenvalue weighted by Gasteiger charge is -2.14. The van der Waals surface area contributed by atoms with E-state index in [0.717, 1.165) is 21.3 Å². The molecule has 1 N–H and O–H groups in total. The van der Waals surface area contributed by atoms with Crippen LogP contribution in [-0.4, -0.2) is 13.2 Å². The Bertz CT molecular complexity index is 686. The van der Waals surface area contributed by atoms with Gasteiger partial charge in [-0.3, -0.25) is 5.32 Å². The Morgan fingerprint density at radius 3 is 2.64 bits per heavy atom. The van der Waals surface area contributed by atoms with Crippen LogP contribution in [-0.2, 0) is 11.3 Å². The molecule has 0 unspecified atom stereocenters. The van der Waals surface area contributed by atoms with Gasteiger partial charge in [0.1, 0.15) is 12.4 Å². The summed E-state index contributed by atoms with van der Waals surface area (Å²) in [6.07, 6.45) is -0.505. The third-order valence-corrected chi connectivity index (χ3v) is 3.70. The lowest BCUT2D eigenvalue weighted by Crippen LogP contribution is -2.13. The van der Waals surface area contributed by atoms with Gasteiger partial charge in [0.05, 0.1) is 12.8 Å². The molecule has 0 aliphatic heterocycles. The molecule has 0 aliphatic carbocycles. The normalized spacial score (nSPS) is 10.2. The van der Waals surface area contributed by atoms with Crippen LogP contribution in [0.1, 0.15) is 16.7 Å². The number of nitrogens with one attached hydrogen (secondary N) is 1. The first kappa shape index (κ1) is 16.4. The quantitative estimate of drug-likeness (QED) is 0.846. The molecule has 0 fully saturated rings. The molecular weight excluding hydrogens is 346 g/mol. The average Bonchev–Trinajstić information content (AvgIpc) is 2.48. The molecule has 4 nitrogen and oxygen atoms in total. The fourth-order valence-electron chi connectivity index (χ4n) is 2.08. The number of methoxy groups -OCH3 is 1. The van der Waals surface area contributed by atoms with Crippen LogP contribution >= 0.6 is 15.9 Å². The van der Waals surface area contributed by atoms with Gasteiger partial charge in [-0.2, -0.15) is 0 Å². The van der Waals surface area contributed by atoms with Crippen molar-refractivity contribution in [2.24, 2.45) is 0 Å². The summed E-state index contributed by atoms with van der Waals surface area (Å²) < 4.78 is 11.4. The van der Waals surface area contributed by atoms with Crippen LogP contribution in [0.2, 0.25) is 0 Å². The number of aryl methyl sites for hydroxylation is 2. The Labute approximate surface area is 138 Å². The number of rotatable bonds is 4. The lowest BCUT2D eigenvalue weighted by atomic mass is 10.1. The maximum atomic E-state index is 11.4. The highest BCUT2D eigenvalue weighted by molar-refractivity contribution is 9.10. The van der Waals surface area contributed by atoms with Gasteiger partial charge in [0.25, 0.3) is 0 Å². The summed E-state index contributed by atoms with van der Waals surface area (Å²) in [4.78, 5) is 11.4. The van der Waals surface area contributed by atoms with Crippen LogP contribution in [0.4, 0.5) is 10.5 Å². The molecule has 0 radical (unpaired) electrons. The van der Waals surface area contributed by atoms with E-state index in [9.17, 15) is 4.79 Å². The Balaban J connectivity index is 2.17. The van der Waals surface area contributed by atoms with Crippen LogP contribution < -0.4 is 10.1 Å². The smallest absolute Gasteiger partial charge is 0.411 e. The Morgan fingerprint density at radius 1 is 1.18 bits per heavy atom. The van der Waals surface area contributed by atoms with E-state index in [4.69, 9.17) is 4.74 Å². The van der Waals surface area contributed by atoms with E-state index in [-0.39, 0.29) is 0 Å². The minimum Gasteiger partial charge on any atom is -0.489 e. The van der Waals surface area contributed by atoms with E-state index in [0.29, 0.717) is 12.3 Å². The van der Waals surface area contributed by atoms with Crippen LogP contribution in [0.15, 0.2) is 40.9 Å². The molecule has 22 heavy (non-hydrogen) atoms. The largest absolute Gasteiger partial charge is 0.489 e. The van der Waals surface area contributed by atoms with Gasteiger partial charge in [-0.15, -0.1) is 0 Å². The molecule has 2 aromatic carbocycles. The highest BCUT2D eigenvalue weighted by Crippen LogP contribution is 2.25. The predicted octanol–water partition coefficient (Wildman–Crippen LogP) is 4.82. The Kier molecular flexibility index (Phi) is 5.44. The van der Waals surface area contributed by atoms with Crippen LogP contribution in [0, 0.1) is 13.8 Å². The molecule has 0 aromatic heterocycles. The molecule has 0 saturated carbocycles. The number of halogens is 1. The summed E-state index contributed by atoms with van der Waals surface area (Å²) in [5.74, 6) is 0.828. The zero-order valence-corrected chi connectivity index (χ0v) is 14.4. The minimum atomic E-state index is -0.505. The third kappa shape index (κ3) is 4.24. The van der Waals surface area contributed by atoms with Crippen molar-refractivity contribution in [1.29, 1.82) is 0 Å². The topological polar surface area (TPSA) is 47.6 Å². The predicted molar refractivity (Wildman–Crippen MR) is 90.4 cm³/mol. The van der Waals surface area contributed by atoms with E-state index in [1.54, 1.807) is 0 Å². The molecule has 1 amide bonds. The second-order valence-corrected chi connectivity index (χ2v) is 5.89. The maximum absolute atomic E-state index is 11.4. The second kappa shape index (κ2) is 7.31. The first-order valence-corrected chi connectivity index (χ1v) is 7.62. The van der Waals surface area contributed by atoms with Crippen molar-refractivity contribution < 1.29 is 14.3 Å². The van der Waals surface area contributed by atoms with Gasteiger partial charge in [0.15, 0.2) is 0 Å². The van der Waals surface area contributed by atoms with Crippen molar-refractivity contribution in [2.45, 2.75) is 20.5 Å². The van der Waals surface area contributed by atoms with Gasteiger partial charge < -0.3 is 9.47 Å². The van der Waals surface area contributed by atoms with Crippen LogP contribution in [0.25, 0.3) is 0 Å². The summed E-state index contributed by atoms with van der Waals surface area (Å²) in [7, 11) is 1.33. The van der Waals surface area contributed by atoms with Crippen molar-refractivity contribution in [3.05, 3.63) is 57.6 Å². The number of carbonyl (C=O) groups excluding carboxylic acids is 1. The minimum absolute atomic E-state index is 0.350. The number of hydrogen-bond donors (Lipinski definition) is 1. The first-order chi connectivity index (χ1) is 10.5. The monoisotopic (exact) mass is 363 g/mol. The number of anilines is 1. The molecule has 0 bridgehead atoms. The third-order valence-electron chi connectivity index (χ3n) is 3.20. The number of carbonyl (C=O) groups is 1. The first-order valence-electron chi connectivity index (χ1n) is 6.83. The summed E-state index contributed by atoms with van der Waals surface area (Å²) in [5, 5.41) is 2.69. The van der Waals surface area contributed by atoms with Gasteiger partial charge in [-0.1, -0.05) is 33.6 Å².